The fourth-order valence-electron chi connectivity index (χ4n) is 3.38. The van der Waals surface area contributed by atoms with Crippen molar-refractivity contribution in [2.45, 2.75) is 31.9 Å². The van der Waals surface area contributed by atoms with E-state index in [2.05, 4.69) is 16.8 Å². The van der Waals surface area contributed by atoms with Crippen molar-refractivity contribution in [2.24, 2.45) is 0 Å². The summed E-state index contributed by atoms with van der Waals surface area (Å²) in [5, 5.41) is 0.639. The fraction of sp³-hybridized carbons (Fsp3) is 0.471. The van der Waals surface area contributed by atoms with Gasteiger partial charge in [0, 0.05) is 18.1 Å². The van der Waals surface area contributed by atoms with Crippen molar-refractivity contribution in [2.75, 3.05) is 19.6 Å². The molecule has 1 saturated heterocycles. The number of likely N-dealkylation sites (N-methyl/N-ethyl adjacent to an activating group) is 1. The van der Waals surface area contributed by atoms with E-state index in [1.54, 1.807) is 18.2 Å². The number of hydrogen-bond acceptors (Lipinski definition) is 2. The molecule has 3 rings (SSSR count). The maximum atomic E-state index is 13.2. The lowest BCUT2D eigenvalue weighted by Crippen LogP contribution is -2.34. The van der Waals surface area contributed by atoms with Crippen molar-refractivity contribution in [3.63, 3.8) is 0 Å². The first-order chi connectivity index (χ1) is 10.5. The highest BCUT2D eigenvalue weighted by atomic mass is 19.4. The predicted molar refractivity (Wildman–Crippen MR) is 80.8 cm³/mol. The van der Waals surface area contributed by atoms with Crippen molar-refractivity contribution in [3.05, 3.63) is 41.6 Å². The van der Waals surface area contributed by atoms with Gasteiger partial charge in [0.2, 0.25) is 0 Å². The molecule has 2 aromatic rings. The SMILES string of the molecule is CCN1CCCC(c2ccc(C(F)(F)F)c3ncccc23)C1. The van der Waals surface area contributed by atoms with Gasteiger partial charge in [-0.1, -0.05) is 19.1 Å². The molecule has 0 N–H and O–H groups in total. The Bertz CT molecular complexity index is 666. The Kier molecular flexibility index (Phi) is 4.08. The van der Waals surface area contributed by atoms with E-state index in [9.17, 15) is 13.2 Å². The molecule has 0 radical (unpaired) electrons. The first kappa shape index (κ1) is 15.3. The third-order valence-corrected chi connectivity index (χ3v) is 4.50. The second kappa shape index (κ2) is 5.88. The molecule has 0 aliphatic carbocycles. The van der Waals surface area contributed by atoms with Gasteiger partial charge in [0.15, 0.2) is 0 Å². The van der Waals surface area contributed by atoms with Crippen molar-refractivity contribution in [1.29, 1.82) is 0 Å². The van der Waals surface area contributed by atoms with E-state index in [0.717, 1.165) is 38.0 Å². The fourth-order valence-corrected chi connectivity index (χ4v) is 3.38. The molecule has 1 unspecified atom stereocenters. The maximum absolute atomic E-state index is 13.2. The Morgan fingerprint density at radius 1 is 1.27 bits per heavy atom. The zero-order chi connectivity index (χ0) is 15.7. The quantitative estimate of drug-likeness (QED) is 0.814. The van der Waals surface area contributed by atoms with Crippen LogP contribution in [0, 0.1) is 0 Å². The van der Waals surface area contributed by atoms with Gasteiger partial charge < -0.3 is 4.90 Å². The predicted octanol–water partition coefficient (Wildman–Crippen LogP) is 4.45. The summed E-state index contributed by atoms with van der Waals surface area (Å²) in [5.41, 5.74) is 0.422. The number of rotatable bonds is 2. The van der Waals surface area contributed by atoms with Crippen LogP contribution in [0.4, 0.5) is 13.2 Å². The Balaban J connectivity index is 2.08. The zero-order valence-electron chi connectivity index (χ0n) is 12.5. The number of pyridine rings is 1. The lowest BCUT2D eigenvalue weighted by molar-refractivity contribution is -0.136. The summed E-state index contributed by atoms with van der Waals surface area (Å²) in [6.45, 7) is 5.08. The van der Waals surface area contributed by atoms with Crippen LogP contribution in [0.15, 0.2) is 30.5 Å². The molecule has 1 aromatic carbocycles. The van der Waals surface area contributed by atoms with Gasteiger partial charge in [0.05, 0.1) is 11.1 Å². The lowest BCUT2D eigenvalue weighted by Gasteiger charge is -2.32. The highest BCUT2D eigenvalue weighted by Gasteiger charge is 2.34. The molecule has 1 fully saturated rings. The molecule has 22 heavy (non-hydrogen) atoms. The van der Waals surface area contributed by atoms with Crippen LogP contribution in [-0.4, -0.2) is 29.5 Å². The van der Waals surface area contributed by atoms with Crippen LogP contribution in [0.1, 0.15) is 36.8 Å². The van der Waals surface area contributed by atoms with Gasteiger partial charge in [-0.3, -0.25) is 4.98 Å². The molecule has 118 valence electrons. The highest BCUT2D eigenvalue weighted by molar-refractivity contribution is 5.86. The first-order valence-corrected chi connectivity index (χ1v) is 7.68. The summed E-state index contributed by atoms with van der Waals surface area (Å²) in [6, 6.07) is 6.32. The van der Waals surface area contributed by atoms with E-state index in [4.69, 9.17) is 0 Å². The summed E-state index contributed by atoms with van der Waals surface area (Å²) in [4.78, 5) is 6.36. The number of fused-ring (bicyclic) bond motifs is 1. The van der Waals surface area contributed by atoms with E-state index in [-0.39, 0.29) is 11.4 Å². The van der Waals surface area contributed by atoms with Crippen molar-refractivity contribution in [3.8, 4) is 0 Å². The molecule has 2 nitrogen and oxygen atoms in total. The molecule has 0 amide bonds. The van der Waals surface area contributed by atoms with Crippen LogP contribution in [-0.2, 0) is 6.18 Å². The van der Waals surface area contributed by atoms with Crippen LogP contribution < -0.4 is 0 Å². The third-order valence-electron chi connectivity index (χ3n) is 4.50. The van der Waals surface area contributed by atoms with E-state index < -0.39 is 11.7 Å². The number of likely N-dealkylation sites (tertiary alicyclic amines) is 1. The Morgan fingerprint density at radius 2 is 2.09 bits per heavy atom. The van der Waals surface area contributed by atoms with Crippen molar-refractivity contribution >= 4 is 10.9 Å². The van der Waals surface area contributed by atoms with Crippen LogP contribution in [0.2, 0.25) is 0 Å². The maximum Gasteiger partial charge on any atom is 0.418 e. The average molecular weight is 308 g/mol. The van der Waals surface area contributed by atoms with Crippen LogP contribution in [0.25, 0.3) is 10.9 Å². The summed E-state index contributed by atoms with van der Waals surface area (Å²) in [6.07, 6.45) is -0.832. The lowest BCUT2D eigenvalue weighted by atomic mass is 9.87. The monoisotopic (exact) mass is 308 g/mol. The Hall–Kier alpha value is -1.62. The minimum atomic E-state index is -4.37. The van der Waals surface area contributed by atoms with Gasteiger partial charge in [-0.05, 0) is 49.5 Å². The minimum Gasteiger partial charge on any atom is -0.303 e. The molecule has 2 heterocycles. The van der Waals surface area contributed by atoms with Crippen LogP contribution >= 0.6 is 0 Å². The number of halogens is 3. The molecular formula is C17H19F3N2. The van der Waals surface area contributed by atoms with Gasteiger partial charge in [0.1, 0.15) is 0 Å². The van der Waals surface area contributed by atoms with Gasteiger partial charge in [-0.25, -0.2) is 0 Å². The molecule has 1 aromatic heterocycles. The summed E-state index contributed by atoms with van der Waals surface area (Å²) < 4.78 is 39.5. The van der Waals surface area contributed by atoms with Gasteiger partial charge in [0.25, 0.3) is 0 Å². The number of hydrogen-bond donors (Lipinski definition) is 0. The molecule has 0 spiro atoms. The minimum absolute atomic E-state index is 0.0705. The summed E-state index contributed by atoms with van der Waals surface area (Å²) >= 11 is 0. The van der Waals surface area contributed by atoms with Crippen LogP contribution in [0.5, 0.6) is 0 Å². The van der Waals surface area contributed by atoms with Crippen molar-refractivity contribution < 1.29 is 13.2 Å². The third kappa shape index (κ3) is 2.82. The number of piperidine rings is 1. The number of aromatic nitrogens is 1. The molecule has 1 atom stereocenters. The van der Waals surface area contributed by atoms with Gasteiger partial charge in [-0.2, -0.15) is 13.2 Å². The summed E-state index contributed by atoms with van der Waals surface area (Å²) in [5.74, 6) is 0.280. The number of benzene rings is 1. The van der Waals surface area contributed by atoms with E-state index >= 15 is 0 Å². The first-order valence-electron chi connectivity index (χ1n) is 7.68. The van der Waals surface area contributed by atoms with Gasteiger partial charge >= 0.3 is 6.18 Å². The van der Waals surface area contributed by atoms with Gasteiger partial charge in [-0.15, -0.1) is 0 Å². The number of nitrogens with zero attached hydrogens (tertiary/aromatic N) is 2. The average Bonchev–Trinajstić information content (AvgIpc) is 2.53. The van der Waals surface area contributed by atoms with E-state index in [1.807, 2.05) is 0 Å². The standard InChI is InChI=1S/C17H19F3N2/c1-2-22-10-4-5-12(11-22)13-7-8-15(17(18,19)20)16-14(13)6-3-9-21-16/h3,6-9,12H,2,4-5,10-11H2,1H3. The number of alkyl halides is 3. The summed E-state index contributed by atoms with van der Waals surface area (Å²) in [7, 11) is 0. The molecule has 1 aliphatic heterocycles. The molecular weight excluding hydrogens is 289 g/mol. The smallest absolute Gasteiger partial charge is 0.303 e. The zero-order valence-corrected chi connectivity index (χ0v) is 12.5. The second-order valence-corrected chi connectivity index (χ2v) is 5.83. The second-order valence-electron chi connectivity index (χ2n) is 5.83. The normalized spacial score (nSPS) is 20.5. The van der Waals surface area contributed by atoms with E-state index in [0.29, 0.717) is 5.39 Å². The molecule has 0 saturated carbocycles. The largest absolute Gasteiger partial charge is 0.418 e. The molecule has 0 bridgehead atoms. The topological polar surface area (TPSA) is 16.1 Å². The highest BCUT2D eigenvalue weighted by Crippen LogP contribution is 2.38. The molecule has 1 aliphatic rings. The van der Waals surface area contributed by atoms with Crippen LogP contribution in [0.3, 0.4) is 0 Å². The van der Waals surface area contributed by atoms with Crippen molar-refractivity contribution in [1.82, 2.24) is 9.88 Å². The Morgan fingerprint density at radius 3 is 2.82 bits per heavy atom. The Labute approximate surface area is 128 Å². The van der Waals surface area contributed by atoms with E-state index in [1.165, 1.54) is 12.3 Å². The molecule has 5 heteroatoms.